The Hall–Kier alpha value is -2.96. The molecule has 1 aromatic heterocycles. The van der Waals surface area contributed by atoms with Crippen LogP contribution in [0.3, 0.4) is 0 Å². The number of carbonyl (C=O) groups is 2. The van der Waals surface area contributed by atoms with E-state index in [9.17, 15) is 14.7 Å². The minimum absolute atomic E-state index is 0.264. The first-order chi connectivity index (χ1) is 13.1. The predicted octanol–water partition coefficient (Wildman–Crippen LogP) is 2.30. The number of carbonyl (C=O) groups excluding carboxylic acids is 2. The number of hydrogen-bond acceptors (Lipinski definition) is 4. The summed E-state index contributed by atoms with van der Waals surface area (Å²) < 4.78 is 0. The largest absolute Gasteiger partial charge is 0.394 e. The Bertz CT molecular complexity index is 960. The first kappa shape index (κ1) is 18.8. The molecule has 3 aromatic rings. The highest BCUT2D eigenvalue weighted by molar-refractivity contribution is 6.30. The lowest BCUT2D eigenvalue weighted by atomic mass is 10.1. The van der Waals surface area contributed by atoms with Crippen LogP contribution >= 0.6 is 11.6 Å². The normalized spacial score (nSPS) is 11.8. The van der Waals surface area contributed by atoms with E-state index < -0.39 is 24.5 Å². The average Bonchev–Trinajstić information content (AvgIpc) is 2.70. The number of nitrogens with zero attached hydrogens (tertiary/aromatic N) is 1. The SMILES string of the molecule is O=C(N[C@@H](CO)C(=O)NCc1ccc(Cl)cc1)c1cnc2ccccc2c1. The molecule has 138 valence electrons. The molecule has 0 spiro atoms. The molecule has 1 heterocycles. The third-order valence-electron chi connectivity index (χ3n) is 4.04. The molecule has 6 nitrogen and oxygen atoms in total. The maximum atomic E-state index is 12.4. The highest BCUT2D eigenvalue weighted by Gasteiger charge is 2.20. The van der Waals surface area contributed by atoms with Gasteiger partial charge in [-0.05, 0) is 29.8 Å². The summed E-state index contributed by atoms with van der Waals surface area (Å²) in [7, 11) is 0. The first-order valence-electron chi connectivity index (χ1n) is 8.35. The van der Waals surface area contributed by atoms with Gasteiger partial charge < -0.3 is 15.7 Å². The van der Waals surface area contributed by atoms with Gasteiger partial charge in [-0.2, -0.15) is 0 Å². The summed E-state index contributed by atoms with van der Waals surface area (Å²) >= 11 is 5.83. The van der Waals surface area contributed by atoms with Crippen molar-refractivity contribution in [3.05, 3.63) is 76.9 Å². The molecule has 3 N–H and O–H groups in total. The number of aliphatic hydroxyl groups is 1. The zero-order chi connectivity index (χ0) is 19.2. The lowest BCUT2D eigenvalue weighted by Crippen LogP contribution is -2.48. The van der Waals surface area contributed by atoms with Crippen LogP contribution in [0.2, 0.25) is 5.02 Å². The predicted molar refractivity (Wildman–Crippen MR) is 103 cm³/mol. The van der Waals surface area contributed by atoms with E-state index in [1.807, 2.05) is 24.3 Å². The zero-order valence-corrected chi connectivity index (χ0v) is 15.1. The summed E-state index contributed by atoms with van der Waals surface area (Å²) in [5.41, 5.74) is 1.95. The van der Waals surface area contributed by atoms with Gasteiger partial charge in [0.2, 0.25) is 5.91 Å². The molecule has 0 radical (unpaired) electrons. The number of halogens is 1. The Kier molecular flexibility index (Phi) is 6.01. The first-order valence-corrected chi connectivity index (χ1v) is 8.73. The van der Waals surface area contributed by atoms with Gasteiger partial charge in [-0.15, -0.1) is 0 Å². The van der Waals surface area contributed by atoms with E-state index >= 15 is 0 Å². The van der Waals surface area contributed by atoms with Crippen LogP contribution in [-0.2, 0) is 11.3 Å². The Labute approximate surface area is 161 Å². The van der Waals surface area contributed by atoms with Gasteiger partial charge in [0.1, 0.15) is 6.04 Å². The quantitative estimate of drug-likeness (QED) is 0.609. The van der Waals surface area contributed by atoms with Gasteiger partial charge in [-0.25, -0.2) is 0 Å². The van der Waals surface area contributed by atoms with Crippen molar-refractivity contribution >= 4 is 34.3 Å². The van der Waals surface area contributed by atoms with Crippen molar-refractivity contribution in [1.29, 1.82) is 0 Å². The number of pyridine rings is 1. The van der Waals surface area contributed by atoms with Crippen LogP contribution in [0.5, 0.6) is 0 Å². The summed E-state index contributed by atoms with van der Waals surface area (Å²) in [4.78, 5) is 28.9. The standard InChI is InChI=1S/C20H18ClN3O3/c21-16-7-5-13(6-8-16)10-23-20(27)18(12-25)24-19(26)15-9-14-3-1-2-4-17(14)22-11-15/h1-9,11,18,25H,10,12H2,(H,23,27)(H,24,26)/t18-/m0/s1. The smallest absolute Gasteiger partial charge is 0.253 e. The third kappa shape index (κ3) is 4.81. The number of benzene rings is 2. The van der Waals surface area contributed by atoms with Crippen molar-refractivity contribution in [3.63, 3.8) is 0 Å². The van der Waals surface area contributed by atoms with E-state index in [1.54, 1.807) is 30.3 Å². The summed E-state index contributed by atoms with van der Waals surface area (Å²) in [5.74, 6) is -0.955. The monoisotopic (exact) mass is 383 g/mol. The number of nitrogens with one attached hydrogen (secondary N) is 2. The molecule has 0 bridgehead atoms. The lowest BCUT2D eigenvalue weighted by Gasteiger charge is -2.16. The molecule has 2 amide bonds. The molecule has 0 fully saturated rings. The molecule has 2 aromatic carbocycles. The summed E-state index contributed by atoms with van der Waals surface area (Å²) in [6.45, 7) is -0.251. The fourth-order valence-electron chi connectivity index (χ4n) is 2.55. The number of para-hydroxylation sites is 1. The molecule has 0 saturated heterocycles. The van der Waals surface area contributed by atoms with E-state index in [1.165, 1.54) is 6.20 Å². The number of fused-ring (bicyclic) bond motifs is 1. The van der Waals surface area contributed by atoms with E-state index in [0.29, 0.717) is 10.6 Å². The van der Waals surface area contributed by atoms with Gasteiger partial charge >= 0.3 is 0 Å². The summed E-state index contributed by atoms with van der Waals surface area (Å²) in [6, 6.07) is 15.1. The van der Waals surface area contributed by atoms with Gasteiger partial charge in [0, 0.05) is 23.2 Å². The van der Waals surface area contributed by atoms with Gasteiger partial charge in [0.15, 0.2) is 0 Å². The zero-order valence-electron chi connectivity index (χ0n) is 14.4. The second-order valence-corrected chi connectivity index (χ2v) is 6.41. The van der Waals surface area contributed by atoms with Crippen LogP contribution in [0.15, 0.2) is 60.8 Å². The van der Waals surface area contributed by atoms with Gasteiger partial charge in [-0.3, -0.25) is 14.6 Å². The summed E-state index contributed by atoms with van der Waals surface area (Å²) in [6.07, 6.45) is 1.44. The van der Waals surface area contributed by atoms with Gasteiger partial charge in [-0.1, -0.05) is 41.9 Å². The Balaban J connectivity index is 1.63. The van der Waals surface area contributed by atoms with E-state index in [0.717, 1.165) is 16.5 Å². The molecule has 0 aliphatic rings. The second kappa shape index (κ2) is 8.62. The van der Waals surface area contributed by atoms with Crippen molar-refractivity contribution < 1.29 is 14.7 Å². The number of rotatable bonds is 6. The van der Waals surface area contributed by atoms with Gasteiger partial charge in [0.05, 0.1) is 17.7 Å². The third-order valence-corrected chi connectivity index (χ3v) is 4.29. The van der Waals surface area contributed by atoms with Crippen LogP contribution < -0.4 is 10.6 Å². The minimum Gasteiger partial charge on any atom is -0.394 e. The summed E-state index contributed by atoms with van der Waals surface area (Å²) in [5, 5.41) is 16.1. The van der Waals surface area contributed by atoms with Crippen LogP contribution in [-0.4, -0.2) is 34.6 Å². The van der Waals surface area contributed by atoms with Crippen LogP contribution in [0.1, 0.15) is 15.9 Å². The van der Waals surface area contributed by atoms with Crippen LogP contribution in [0, 0.1) is 0 Å². The van der Waals surface area contributed by atoms with E-state index in [2.05, 4.69) is 15.6 Å². The Morgan fingerprint density at radius 1 is 1.11 bits per heavy atom. The number of amides is 2. The van der Waals surface area contributed by atoms with Crippen molar-refractivity contribution in [2.45, 2.75) is 12.6 Å². The van der Waals surface area contributed by atoms with Crippen molar-refractivity contribution in [3.8, 4) is 0 Å². The number of hydrogen-bond donors (Lipinski definition) is 3. The molecule has 0 unspecified atom stereocenters. The molecule has 0 aliphatic carbocycles. The lowest BCUT2D eigenvalue weighted by molar-refractivity contribution is -0.124. The van der Waals surface area contributed by atoms with Crippen LogP contribution in [0.4, 0.5) is 0 Å². The van der Waals surface area contributed by atoms with E-state index in [-0.39, 0.29) is 6.54 Å². The highest BCUT2D eigenvalue weighted by atomic mass is 35.5. The van der Waals surface area contributed by atoms with Crippen molar-refractivity contribution in [2.24, 2.45) is 0 Å². The molecule has 1 atom stereocenters. The average molecular weight is 384 g/mol. The second-order valence-electron chi connectivity index (χ2n) is 5.97. The number of aromatic nitrogens is 1. The topological polar surface area (TPSA) is 91.3 Å². The van der Waals surface area contributed by atoms with Gasteiger partial charge in [0.25, 0.3) is 5.91 Å². The molecular formula is C20H18ClN3O3. The molecule has 0 aliphatic heterocycles. The van der Waals surface area contributed by atoms with Crippen LogP contribution in [0.25, 0.3) is 10.9 Å². The maximum Gasteiger partial charge on any atom is 0.253 e. The number of aliphatic hydroxyl groups excluding tert-OH is 1. The fourth-order valence-corrected chi connectivity index (χ4v) is 2.67. The molecule has 7 heteroatoms. The van der Waals surface area contributed by atoms with Crippen molar-refractivity contribution in [2.75, 3.05) is 6.61 Å². The molecular weight excluding hydrogens is 366 g/mol. The Morgan fingerprint density at radius 2 is 1.85 bits per heavy atom. The fraction of sp³-hybridized carbons (Fsp3) is 0.150. The molecule has 3 rings (SSSR count). The van der Waals surface area contributed by atoms with Crippen molar-refractivity contribution in [1.82, 2.24) is 15.6 Å². The molecule has 0 saturated carbocycles. The highest BCUT2D eigenvalue weighted by Crippen LogP contribution is 2.13. The van der Waals surface area contributed by atoms with E-state index in [4.69, 9.17) is 11.6 Å². The maximum absolute atomic E-state index is 12.4. The minimum atomic E-state index is -1.06. The molecule has 27 heavy (non-hydrogen) atoms. The Morgan fingerprint density at radius 3 is 2.59 bits per heavy atom.